The summed E-state index contributed by atoms with van der Waals surface area (Å²) in [7, 11) is 0. The third-order valence-electron chi connectivity index (χ3n) is 2.45. The smallest absolute Gasteiger partial charge is 0.226 e. The van der Waals surface area contributed by atoms with Gasteiger partial charge in [-0.25, -0.2) is 0 Å². The van der Waals surface area contributed by atoms with E-state index in [1.54, 1.807) is 0 Å². The molecule has 0 radical (unpaired) electrons. The highest BCUT2D eigenvalue weighted by atomic mass is 16.2. The molecule has 0 unspecified atom stereocenters. The van der Waals surface area contributed by atoms with Crippen LogP contribution in [0.4, 0.5) is 0 Å². The van der Waals surface area contributed by atoms with Gasteiger partial charge in [0.2, 0.25) is 5.91 Å². The first-order chi connectivity index (χ1) is 7.56. The van der Waals surface area contributed by atoms with Crippen LogP contribution in [0.15, 0.2) is 30.3 Å². The Morgan fingerprint density at radius 2 is 2.00 bits per heavy atom. The van der Waals surface area contributed by atoms with Gasteiger partial charge in [0.1, 0.15) is 0 Å². The van der Waals surface area contributed by atoms with E-state index >= 15 is 0 Å². The minimum atomic E-state index is -0.496. The van der Waals surface area contributed by atoms with E-state index in [-0.39, 0.29) is 5.91 Å². The maximum Gasteiger partial charge on any atom is 0.226 e. The zero-order valence-electron chi connectivity index (χ0n) is 9.79. The molecule has 0 aliphatic heterocycles. The molecule has 0 aromatic heterocycles. The summed E-state index contributed by atoms with van der Waals surface area (Å²) in [5, 5.41) is 2.89. The van der Waals surface area contributed by atoms with Crippen LogP contribution in [0, 0.1) is 17.8 Å². The van der Waals surface area contributed by atoms with Crippen molar-refractivity contribution in [2.24, 2.45) is 5.41 Å². The number of hydrogen-bond acceptors (Lipinski definition) is 1. The zero-order valence-corrected chi connectivity index (χ0v) is 9.79. The Bertz CT molecular complexity index is 387. The fraction of sp³-hybridized carbons (Fsp3) is 0.357. The van der Waals surface area contributed by atoms with Gasteiger partial charge in [-0.1, -0.05) is 44.2 Å². The predicted molar refractivity (Wildman–Crippen MR) is 65.5 cm³/mol. The number of amides is 1. The summed E-state index contributed by atoms with van der Waals surface area (Å²) in [5.74, 6) is 2.52. The normalized spacial score (nSPS) is 10.6. The molecule has 2 nitrogen and oxygen atoms in total. The molecule has 0 heterocycles. The average Bonchev–Trinajstić information content (AvgIpc) is 2.27. The zero-order chi connectivity index (χ0) is 12.0. The maximum atomic E-state index is 11.8. The van der Waals surface area contributed by atoms with Crippen molar-refractivity contribution < 1.29 is 4.79 Å². The van der Waals surface area contributed by atoms with Crippen LogP contribution in [0.2, 0.25) is 0 Å². The molecular formula is C14H17NO. The van der Waals surface area contributed by atoms with Crippen LogP contribution in [-0.2, 0) is 11.3 Å². The van der Waals surface area contributed by atoms with Crippen molar-refractivity contribution in [2.75, 3.05) is 0 Å². The van der Waals surface area contributed by atoms with Gasteiger partial charge in [-0.15, -0.1) is 12.3 Å². The Kier molecular flexibility index (Phi) is 4.13. The molecule has 0 saturated heterocycles. The lowest BCUT2D eigenvalue weighted by atomic mass is 9.88. The molecule has 0 aliphatic rings. The lowest BCUT2D eigenvalue weighted by Gasteiger charge is -2.20. The number of terminal acetylenes is 1. The first-order valence-electron chi connectivity index (χ1n) is 5.32. The van der Waals surface area contributed by atoms with Gasteiger partial charge in [0.15, 0.2) is 0 Å². The number of benzene rings is 1. The second kappa shape index (κ2) is 5.37. The van der Waals surface area contributed by atoms with E-state index in [2.05, 4.69) is 11.2 Å². The lowest BCUT2D eigenvalue weighted by molar-refractivity contribution is -0.129. The van der Waals surface area contributed by atoms with Crippen molar-refractivity contribution in [1.82, 2.24) is 5.32 Å². The van der Waals surface area contributed by atoms with Crippen LogP contribution in [0.3, 0.4) is 0 Å². The molecular weight excluding hydrogens is 198 g/mol. The van der Waals surface area contributed by atoms with Gasteiger partial charge < -0.3 is 5.32 Å². The number of rotatable bonds is 4. The van der Waals surface area contributed by atoms with Gasteiger partial charge in [0.05, 0.1) is 5.41 Å². The first kappa shape index (κ1) is 12.3. The van der Waals surface area contributed by atoms with Crippen LogP contribution < -0.4 is 5.32 Å². The summed E-state index contributed by atoms with van der Waals surface area (Å²) in [5.41, 5.74) is 0.594. The van der Waals surface area contributed by atoms with Crippen molar-refractivity contribution in [1.29, 1.82) is 0 Å². The van der Waals surface area contributed by atoms with Gasteiger partial charge in [-0.3, -0.25) is 4.79 Å². The molecule has 2 heteroatoms. The third-order valence-corrected chi connectivity index (χ3v) is 2.45. The molecule has 1 amide bonds. The maximum absolute atomic E-state index is 11.8. The van der Waals surface area contributed by atoms with Crippen molar-refractivity contribution in [3.63, 3.8) is 0 Å². The molecule has 1 rings (SSSR count). The summed E-state index contributed by atoms with van der Waals surface area (Å²) in [6.45, 7) is 4.26. The standard InChI is InChI=1S/C14H17NO/c1-4-10-14(2,3)13(16)15-11-12-8-6-5-7-9-12/h1,5-9H,10-11H2,2-3H3,(H,15,16). The highest BCUT2D eigenvalue weighted by molar-refractivity contribution is 5.82. The second-order valence-corrected chi connectivity index (χ2v) is 4.43. The van der Waals surface area contributed by atoms with Crippen molar-refractivity contribution in [2.45, 2.75) is 26.8 Å². The molecule has 0 atom stereocenters. The minimum Gasteiger partial charge on any atom is -0.352 e. The van der Waals surface area contributed by atoms with E-state index in [0.29, 0.717) is 13.0 Å². The molecule has 1 aromatic carbocycles. The molecule has 0 fully saturated rings. The highest BCUT2D eigenvalue weighted by Crippen LogP contribution is 2.19. The Labute approximate surface area is 97.1 Å². The Hall–Kier alpha value is -1.75. The van der Waals surface area contributed by atoms with E-state index in [0.717, 1.165) is 5.56 Å². The van der Waals surface area contributed by atoms with Gasteiger partial charge >= 0.3 is 0 Å². The highest BCUT2D eigenvalue weighted by Gasteiger charge is 2.25. The van der Waals surface area contributed by atoms with E-state index in [4.69, 9.17) is 6.42 Å². The Morgan fingerprint density at radius 1 is 1.38 bits per heavy atom. The van der Waals surface area contributed by atoms with Crippen LogP contribution >= 0.6 is 0 Å². The van der Waals surface area contributed by atoms with Crippen molar-refractivity contribution >= 4 is 5.91 Å². The fourth-order valence-corrected chi connectivity index (χ4v) is 1.35. The summed E-state index contributed by atoms with van der Waals surface area (Å²) in [6, 6.07) is 9.82. The first-order valence-corrected chi connectivity index (χ1v) is 5.32. The topological polar surface area (TPSA) is 29.1 Å². The predicted octanol–water partition coefficient (Wildman–Crippen LogP) is 2.35. The van der Waals surface area contributed by atoms with E-state index < -0.39 is 5.41 Å². The monoisotopic (exact) mass is 215 g/mol. The molecule has 1 aromatic rings. The third kappa shape index (κ3) is 3.43. The molecule has 0 saturated carbocycles. The van der Waals surface area contributed by atoms with Crippen molar-refractivity contribution in [3.05, 3.63) is 35.9 Å². The van der Waals surface area contributed by atoms with Crippen LogP contribution in [-0.4, -0.2) is 5.91 Å². The minimum absolute atomic E-state index is 0.00527. The second-order valence-electron chi connectivity index (χ2n) is 4.43. The molecule has 0 spiro atoms. The number of carbonyl (C=O) groups is 1. The summed E-state index contributed by atoms with van der Waals surface area (Å²) >= 11 is 0. The Balaban J connectivity index is 2.51. The Morgan fingerprint density at radius 3 is 2.56 bits per heavy atom. The van der Waals surface area contributed by atoms with Crippen LogP contribution in [0.25, 0.3) is 0 Å². The summed E-state index contributed by atoms with van der Waals surface area (Å²) in [6.07, 6.45) is 5.68. The summed E-state index contributed by atoms with van der Waals surface area (Å²) in [4.78, 5) is 11.8. The van der Waals surface area contributed by atoms with Gasteiger partial charge in [-0.05, 0) is 5.56 Å². The average molecular weight is 215 g/mol. The fourth-order valence-electron chi connectivity index (χ4n) is 1.35. The molecule has 0 aliphatic carbocycles. The lowest BCUT2D eigenvalue weighted by Crippen LogP contribution is -2.36. The summed E-state index contributed by atoms with van der Waals surface area (Å²) < 4.78 is 0. The van der Waals surface area contributed by atoms with E-state index in [1.807, 2.05) is 44.2 Å². The molecule has 1 N–H and O–H groups in total. The SMILES string of the molecule is C#CCC(C)(C)C(=O)NCc1ccccc1. The van der Waals surface area contributed by atoms with Gasteiger partial charge in [-0.2, -0.15) is 0 Å². The molecule has 84 valence electrons. The largest absolute Gasteiger partial charge is 0.352 e. The van der Waals surface area contributed by atoms with E-state index in [9.17, 15) is 4.79 Å². The quantitative estimate of drug-likeness (QED) is 0.767. The van der Waals surface area contributed by atoms with Gasteiger partial charge in [0.25, 0.3) is 0 Å². The number of hydrogen-bond donors (Lipinski definition) is 1. The number of nitrogens with one attached hydrogen (secondary N) is 1. The van der Waals surface area contributed by atoms with Crippen LogP contribution in [0.5, 0.6) is 0 Å². The number of carbonyl (C=O) groups excluding carboxylic acids is 1. The van der Waals surface area contributed by atoms with E-state index in [1.165, 1.54) is 0 Å². The molecule has 16 heavy (non-hydrogen) atoms. The van der Waals surface area contributed by atoms with Gasteiger partial charge in [0, 0.05) is 13.0 Å². The molecule has 0 bridgehead atoms. The van der Waals surface area contributed by atoms with Crippen LogP contribution in [0.1, 0.15) is 25.8 Å². The van der Waals surface area contributed by atoms with Crippen molar-refractivity contribution in [3.8, 4) is 12.3 Å².